The predicted octanol–water partition coefficient (Wildman–Crippen LogP) is 3.80. The van der Waals surface area contributed by atoms with E-state index in [1.165, 1.54) is 30.3 Å². The van der Waals surface area contributed by atoms with Crippen molar-refractivity contribution in [1.29, 1.82) is 0 Å². The van der Waals surface area contributed by atoms with E-state index in [9.17, 15) is 22.0 Å². The van der Waals surface area contributed by atoms with Crippen LogP contribution in [0, 0.1) is 11.6 Å². The Hall–Kier alpha value is -2.03. The molecule has 5 nitrogen and oxygen atoms in total. The SMILES string of the molecule is O=C(Nc1ccc(F)c(F)c1)[C@@H]1CCCCN1S(=O)(=O)c1ccc(Cl)cc1. The Morgan fingerprint density at radius 2 is 1.78 bits per heavy atom. The standard InChI is InChI=1S/C18H17ClF2N2O3S/c19-12-4-7-14(8-5-12)27(25,26)23-10-2-1-3-17(23)18(24)22-13-6-9-15(20)16(21)11-13/h4-9,11,17H,1-3,10H2,(H,22,24)/t17-/m0/s1. The van der Waals surface area contributed by atoms with E-state index in [0.29, 0.717) is 24.3 Å². The first-order valence-electron chi connectivity index (χ1n) is 8.32. The Morgan fingerprint density at radius 1 is 1.07 bits per heavy atom. The number of hydrogen-bond acceptors (Lipinski definition) is 3. The van der Waals surface area contributed by atoms with Gasteiger partial charge in [0.2, 0.25) is 15.9 Å². The third-order valence-corrected chi connectivity index (χ3v) is 6.54. The second-order valence-corrected chi connectivity index (χ2v) is 8.53. The maximum atomic E-state index is 13.3. The van der Waals surface area contributed by atoms with E-state index in [4.69, 9.17) is 11.6 Å². The predicted molar refractivity (Wildman–Crippen MR) is 98.0 cm³/mol. The summed E-state index contributed by atoms with van der Waals surface area (Å²) in [4.78, 5) is 12.7. The quantitative estimate of drug-likeness (QED) is 0.827. The molecular formula is C18H17ClF2N2O3S. The molecule has 1 atom stereocenters. The van der Waals surface area contributed by atoms with Crippen molar-refractivity contribution in [3.63, 3.8) is 0 Å². The van der Waals surface area contributed by atoms with Crippen molar-refractivity contribution >= 4 is 33.2 Å². The molecule has 0 saturated carbocycles. The van der Waals surface area contributed by atoms with Crippen LogP contribution in [-0.4, -0.2) is 31.2 Å². The molecule has 0 aliphatic carbocycles. The second-order valence-electron chi connectivity index (χ2n) is 6.20. The first kappa shape index (κ1) is 19.7. The molecule has 144 valence electrons. The normalized spacial score (nSPS) is 18.3. The van der Waals surface area contributed by atoms with Gasteiger partial charge in [0.25, 0.3) is 0 Å². The highest BCUT2D eigenvalue weighted by Gasteiger charge is 2.37. The molecular weight excluding hydrogens is 398 g/mol. The second kappa shape index (κ2) is 7.92. The molecule has 1 heterocycles. The Morgan fingerprint density at radius 3 is 2.44 bits per heavy atom. The fourth-order valence-electron chi connectivity index (χ4n) is 3.00. The number of nitrogens with one attached hydrogen (secondary N) is 1. The summed E-state index contributed by atoms with van der Waals surface area (Å²) in [6.45, 7) is 0.195. The van der Waals surface area contributed by atoms with Gasteiger partial charge in [-0.1, -0.05) is 18.0 Å². The Balaban J connectivity index is 1.85. The highest BCUT2D eigenvalue weighted by molar-refractivity contribution is 7.89. The number of sulfonamides is 1. The minimum Gasteiger partial charge on any atom is -0.325 e. The lowest BCUT2D eigenvalue weighted by molar-refractivity contribution is -0.120. The lowest BCUT2D eigenvalue weighted by Crippen LogP contribution is -2.49. The summed E-state index contributed by atoms with van der Waals surface area (Å²) in [5, 5.41) is 2.87. The van der Waals surface area contributed by atoms with Crippen LogP contribution in [0.2, 0.25) is 5.02 Å². The molecule has 9 heteroatoms. The van der Waals surface area contributed by atoms with Crippen LogP contribution in [0.3, 0.4) is 0 Å². The van der Waals surface area contributed by atoms with Gasteiger partial charge in [0, 0.05) is 23.3 Å². The maximum Gasteiger partial charge on any atom is 0.243 e. The molecule has 2 aromatic rings. The summed E-state index contributed by atoms with van der Waals surface area (Å²) >= 11 is 5.81. The van der Waals surface area contributed by atoms with Gasteiger partial charge in [0.05, 0.1) is 4.90 Å². The molecule has 0 unspecified atom stereocenters. The van der Waals surface area contributed by atoms with Crippen LogP contribution < -0.4 is 5.32 Å². The molecule has 1 saturated heterocycles. The van der Waals surface area contributed by atoms with Gasteiger partial charge in [-0.15, -0.1) is 0 Å². The Bertz CT molecular complexity index is 952. The van der Waals surface area contributed by atoms with Gasteiger partial charge in [0.1, 0.15) is 6.04 Å². The number of halogens is 3. The zero-order valence-corrected chi connectivity index (χ0v) is 15.7. The third-order valence-electron chi connectivity index (χ3n) is 4.36. The number of amides is 1. The van der Waals surface area contributed by atoms with Crippen molar-refractivity contribution < 1.29 is 22.0 Å². The van der Waals surface area contributed by atoms with Gasteiger partial charge in [-0.25, -0.2) is 17.2 Å². The van der Waals surface area contributed by atoms with Crippen LogP contribution in [0.4, 0.5) is 14.5 Å². The molecule has 1 aliphatic rings. The van der Waals surface area contributed by atoms with Crippen molar-refractivity contribution in [3.05, 3.63) is 59.1 Å². The van der Waals surface area contributed by atoms with Gasteiger partial charge in [-0.05, 0) is 49.2 Å². The number of anilines is 1. The van der Waals surface area contributed by atoms with E-state index in [2.05, 4.69) is 5.32 Å². The lowest BCUT2D eigenvalue weighted by atomic mass is 10.0. The molecule has 0 bridgehead atoms. The van der Waals surface area contributed by atoms with E-state index in [1.54, 1.807) is 0 Å². The number of carbonyl (C=O) groups excluding carboxylic acids is 1. The van der Waals surface area contributed by atoms with Gasteiger partial charge in [-0.2, -0.15) is 4.31 Å². The average Bonchev–Trinajstić information content (AvgIpc) is 2.65. The number of piperidine rings is 1. The molecule has 3 rings (SSSR count). The lowest BCUT2D eigenvalue weighted by Gasteiger charge is -2.33. The highest BCUT2D eigenvalue weighted by Crippen LogP contribution is 2.27. The fourth-order valence-corrected chi connectivity index (χ4v) is 4.78. The van der Waals surface area contributed by atoms with E-state index >= 15 is 0 Å². The summed E-state index contributed by atoms with van der Waals surface area (Å²) in [5.41, 5.74) is 0.0633. The minimum absolute atomic E-state index is 0.0411. The van der Waals surface area contributed by atoms with E-state index in [0.717, 1.165) is 16.4 Å². The van der Waals surface area contributed by atoms with Crippen LogP contribution in [0.5, 0.6) is 0 Å². The average molecular weight is 415 g/mol. The monoisotopic (exact) mass is 414 g/mol. The Kier molecular flexibility index (Phi) is 5.78. The smallest absolute Gasteiger partial charge is 0.243 e. The molecule has 0 aromatic heterocycles. The summed E-state index contributed by atoms with van der Waals surface area (Å²) < 4.78 is 53.5. The third kappa shape index (κ3) is 4.28. The van der Waals surface area contributed by atoms with Gasteiger partial charge in [0.15, 0.2) is 11.6 Å². The molecule has 2 aromatic carbocycles. The van der Waals surface area contributed by atoms with Crippen molar-refractivity contribution in [2.24, 2.45) is 0 Å². The van der Waals surface area contributed by atoms with Crippen molar-refractivity contribution in [2.75, 3.05) is 11.9 Å². The summed E-state index contributed by atoms with van der Waals surface area (Å²) in [6.07, 6.45) is 1.65. The topological polar surface area (TPSA) is 66.5 Å². The van der Waals surface area contributed by atoms with Gasteiger partial charge in [-0.3, -0.25) is 4.79 Å². The number of benzene rings is 2. The van der Waals surface area contributed by atoms with E-state index in [-0.39, 0.29) is 17.1 Å². The van der Waals surface area contributed by atoms with Gasteiger partial charge < -0.3 is 5.32 Å². The summed E-state index contributed by atoms with van der Waals surface area (Å²) in [6, 6.07) is 7.74. The summed E-state index contributed by atoms with van der Waals surface area (Å²) in [5.74, 6) is -2.71. The highest BCUT2D eigenvalue weighted by atomic mass is 35.5. The first-order chi connectivity index (χ1) is 12.8. The zero-order valence-electron chi connectivity index (χ0n) is 14.2. The number of carbonyl (C=O) groups is 1. The minimum atomic E-state index is -3.90. The fraction of sp³-hybridized carbons (Fsp3) is 0.278. The maximum absolute atomic E-state index is 13.3. The van der Waals surface area contributed by atoms with E-state index in [1.807, 2.05) is 0 Å². The zero-order chi connectivity index (χ0) is 19.6. The van der Waals surface area contributed by atoms with Crippen LogP contribution in [0.15, 0.2) is 47.4 Å². The molecule has 1 amide bonds. The van der Waals surface area contributed by atoms with Crippen molar-refractivity contribution in [2.45, 2.75) is 30.2 Å². The first-order valence-corrected chi connectivity index (χ1v) is 10.1. The molecule has 0 spiro atoms. The Labute approximate surface area is 161 Å². The van der Waals surface area contributed by atoms with Crippen LogP contribution in [0.25, 0.3) is 0 Å². The van der Waals surface area contributed by atoms with E-state index < -0.39 is 33.6 Å². The van der Waals surface area contributed by atoms with Crippen LogP contribution in [0.1, 0.15) is 19.3 Å². The molecule has 27 heavy (non-hydrogen) atoms. The molecule has 1 N–H and O–H groups in total. The largest absolute Gasteiger partial charge is 0.325 e. The molecule has 1 fully saturated rings. The van der Waals surface area contributed by atoms with Crippen LogP contribution >= 0.6 is 11.6 Å². The van der Waals surface area contributed by atoms with Crippen molar-refractivity contribution in [1.82, 2.24) is 4.31 Å². The molecule has 1 aliphatic heterocycles. The number of hydrogen-bond donors (Lipinski definition) is 1. The van der Waals surface area contributed by atoms with Crippen LogP contribution in [-0.2, 0) is 14.8 Å². The number of rotatable bonds is 4. The summed E-state index contributed by atoms with van der Waals surface area (Å²) in [7, 11) is -3.90. The number of nitrogens with zero attached hydrogens (tertiary/aromatic N) is 1. The van der Waals surface area contributed by atoms with Crippen molar-refractivity contribution in [3.8, 4) is 0 Å². The van der Waals surface area contributed by atoms with Gasteiger partial charge >= 0.3 is 0 Å². The molecule has 0 radical (unpaired) electrons.